The molecule has 0 unspecified atom stereocenters. The first kappa shape index (κ1) is 15.2. The van der Waals surface area contributed by atoms with E-state index in [2.05, 4.69) is 39.1 Å². The second kappa shape index (κ2) is 5.27. The summed E-state index contributed by atoms with van der Waals surface area (Å²) in [5.74, 6) is 0.788. The molecular formula is C16H23Cl2N. The Kier molecular flexibility index (Phi) is 4.21. The van der Waals surface area contributed by atoms with Gasteiger partial charge in [0.05, 0.1) is 10.0 Å². The molecule has 3 heteroatoms. The van der Waals surface area contributed by atoms with Gasteiger partial charge < -0.3 is 5.32 Å². The van der Waals surface area contributed by atoms with Crippen molar-refractivity contribution in [2.45, 2.75) is 51.5 Å². The van der Waals surface area contributed by atoms with Crippen molar-refractivity contribution in [1.82, 2.24) is 5.32 Å². The Morgan fingerprint density at radius 1 is 1.21 bits per heavy atom. The summed E-state index contributed by atoms with van der Waals surface area (Å²) in [5, 5.41) is 4.94. The first-order valence-electron chi connectivity index (χ1n) is 6.92. The number of rotatable bonds is 3. The van der Waals surface area contributed by atoms with E-state index in [-0.39, 0.29) is 11.0 Å². The van der Waals surface area contributed by atoms with Crippen LogP contribution >= 0.6 is 23.2 Å². The van der Waals surface area contributed by atoms with Crippen LogP contribution in [0.25, 0.3) is 0 Å². The van der Waals surface area contributed by atoms with Crippen LogP contribution in [0.5, 0.6) is 0 Å². The van der Waals surface area contributed by atoms with Gasteiger partial charge in [-0.25, -0.2) is 0 Å². The zero-order valence-electron chi connectivity index (χ0n) is 12.2. The van der Waals surface area contributed by atoms with Crippen molar-refractivity contribution in [3.05, 3.63) is 33.8 Å². The van der Waals surface area contributed by atoms with Crippen molar-refractivity contribution < 1.29 is 0 Å². The SMILES string of the molecule is CC1CC(CNC(C)(C)C)(c2ccc(Cl)c(Cl)c2)C1. The van der Waals surface area contributed by atoms with Crippen LogP contribution in [0.3, 0.4) is 0 Å². The summed E-state index contributed by atoms with van der Waals surface area (Å²) in [7, 11) is 0. The van der Waals surface area contributed by atoms with Crippen molar-refractivity contribution >= 4 is 23.2 Å². The standard InChI is InChI=1S/C16H23Cl2N/c1-11-8-16(9-11,10-19-15(2,3)4)12-5-6-13(17)14(18)7-12/h5-7,11,19H,8-10H2,1-4H3. The minimum absolute atomic E-state index is 0.141. The number of nitrogens with one attached hydrogen (secondary N) is 1. The van der Waals surface area contributed by atoms with Gasteiger partial charge in [0, 0.05) is 17.5 Å². The molecular weight excluding hydrogens is 277 g/mol. The van der Waals surface area contributed by atoms with Crippen molar-refractivity contribution in [3.63, 3.8) is 0 Å². The molecule has 19 heavy (non-hydrogen) atoms. The Bertz CT molecular complexity index is 456. The molecule has 1 aromatic rings. The van der Waals surface area contributed by atoms with Gasteiger partial charge in [0.25, 0.3) is 0 Å². The Morgan fingerprint density at radius 3 is 2.32 bits per heavy atom. The summed E-state index contributed by atoms with van der Waals surface area (Å²) >= 11 is 12.2. The number of halogens is 2. The van der Waals surface area contributed by atoms with Crippen LogP contribution in [0.1, 0.15) is 46.1 Å². The third kappa shape index (κ3) is 3.45. The van der Waals surface area contributed by atoms with Gasteiger partial charge in [-0.2, -0.15) is 0 Å². The van der Waals surface area contributed by atoms with Crippen LogP contribution in [0.2, 0.25) is 10.0 Å². The lowest BCUT2D eigenvalue weighted by Crippen LogP contribution is -2.52. The Labute approximate surface area is 126 Å². The minimum Gasteiger partial charge on any atom is -0.311 e. The van der Waals surface area contributed by atoms with E-state index in [0.717, 1.165) is 12.5 Å². The van der Waals surface area contributed by atoms with E-state index < -0.39 is 0 Å². The summed E-state index contributed by atoms with van der Waals surface area (Å²) < 4.78 is 0. The normalized spacial score (nSPS) is 27.2. The molecule has 0 aliphatic heterocycles. The van der Waals surface area contributed by atoms with E-state index in [1.54, 1.807) is 0 Å². The lowest BCUT2D eigenvalue weighted by Gasteiger charge is -2.48. The van der Waals surface area contributed by atoms with Crippen molar-refractivity contribution in [2.24, 2.45) is 5.92 Å². The largest absolute Gasteiger partial charge is 0.311 e. The number of hydrogen-bond acceptors (Lipinski definition) is 1. The van der Waals surface area contributed by atoms with Crippen molar-refractivity contribution in [2.75, 3.05) is 6.54 Å². The third-order valence-electron chi connectivity index (χ3n) is 3.97. The highest BCUT2D eigenvalue weighted by Gasteiger charge is 2.43. The molecule has 0 amide bonds. The minimum atomic E-state index is 0.141. The maximum atomic E-state index is 6.18. The van der Waals surface area contributed by atoms with Gasteiger partial charge in [-0.1, -0.05) is 36.2 Å². The van der Waals surface area contributed by atoms with Crippen LogP contribution in [-0.4, -0.2) is 12.1 Å². The molecule has 0 atom stereocenters. The number of benzene rings is 1. The van der Waals surface area contributed by atoms with E-state index in [9.17, 15) is 0 Å². The van der Waals surface area contributed by atoms with Crippen LogP contribution in [0, 0.1) is 5.92 Å². The Hall–Kier alpha value is -0.240. The van der Waals surface area contributed by atoms with Crippen LogP contribution in [-0.2, 0) is 5.41 Å². The van der Waals surface area contributed by atoms with E-state index in [4.69, 9.17) is 23.2 Å². The summed E-state index contributed by atoms with van der Waals surface area (Å²) in [5.41, 5.74) is 1.68. The molecule has 1 aliphatic carbocycles. The monoisotopic (exact) mass is 299 g/mol. The predicted octanol–water partition coefficient (Wildman–Crippen LogP) is 5.05. The van der Waals surface area contributed by atoms with Gasteiger partial charge in [-0.05, 0) is 57.2 Å². The first-order valence-corrected chi connectivity index (χ1v) is 7.68. The fourth-order valence-corrected chi connectivity index (χ4v) is 3.31. The Balaban J connectivity index is 2.22. The molecule has 1 aliphatic rings. The van der Waals surface area contributed by atoms with Gasteiger partial charge in [0.2, 0.25) is 0 Å². The number of hydrogen-bond donors (Lipinski definition) is 1. The average Bonchev–Trinajstić information content (AvgIpc) is 2.25. The maximum Gasteiger partial charge on any atom is 0.0595 e. The molecule has 0 aromatic heterocycles. The van der Waals surface area contributed by atoms with Gasteiger partial charge >= 0.3 is 0 Å². The molecule has 1 fully saturated rings. The van der Waals surface area contributed by atoms with Crippen molar-refractivity contribution in [3.8, 4) is 0 Å². The van der Waals surface area contributed by atoms with E-state index in [0.29, 0.717) is 10.0 Å². The molecule has 0 saturated heterocycles. The molecule has 1 nitrogen and oxygen atoms in total. The summed E-state index contributed by atoms with van der Waals surface area (Å²) in [4.78, 5) is 0. The topological polar surface area (TPSA) is 12.0 Å². The van der Waals surface area contributed by atoms with Crippen LogP contribution in [0.4, 0.5) is 0 Å². The average molecular weight is 300 g/mol. The first-order chi connectivity index (χ1) is 8.72. The van der Waals surface area contributed by atoms with E-state index in [1.165, 1.54) is 18.4 Å². The lowest BCUT2D eigenvalue weighted by molar-refractivity contribution is 0.142. The van der Waals surface area contributed by atoms with E-state index >= 15 is 0 Å². The maximum absolute atomic E-state index is 6.18. The predicted molar refractivity (Wildman–Crippen MR) is 84.3 cm³/mol. The fraction of sp³-hybridized carbons (Fsp3) is 0.625. The highest BCUT2D eigenvalue weighted by atomic mass is 35.5. The highest BCUT2D eigenvalue weighted by Crippen LogP contribution is 2.48. The molecule has 1 N–H and O–H groups in total. The molecule has 0 spiro atoms. The smallest absolute Gasteiger partial charge is 0.0595 e. The molecule has 2 rings (SSSR count). The van der Waals surface area contributed by atoms with Gasteiger partial charge in [-0.3, -0.25) is 0 Å². The molecule has 1 aromatic carbocycles. The second-order valence-corrected chi connectivity index (χ2v) is 7.84. The lowest BCUT2D eigenvalue weighted by atomic mass is 9.59. The molecule has 0 radical (unpaired) electrons. The molecule has 106 valence electrons. The summed E-state index contributed by atoms with van der Waals surface area (Å²) in [6, 6.07) is 6.09. The zero-order chi connectivity index (χ0) is 14.3. The van der Waals surface area contributed by atoms with E-state index in [1.807, 2.05) is 12.1 Å². The summed E-state index contributed by atoms with van der Waals surface area (Å²) in [6.07, 6.45) is 2.43. The van der Waals surface area contributed by atoms with Crippen LogP contribution in [0.15, 0.2) is 18.2 Å². The zero-order valence-corrected chi connectivity index (χ0v) is 13.7. The van der Waals surface area contributed by atoms with Gasteiger partial charge in [-0.15, -0.1) is 0 Å². The van der Waals surface area contributed by atoms with Crippen molar-refractivity contribution in [1.29, 1.82) is 0 Å². The van der Waals surface area contributed by atoms with Gasteiger partial charge in [0.1, 0.15) is 0 Å². The third-order valence-corrected chi connectivity index (χ3v) is 4.71. The molecule has 0 heterocycles. The van der Waals surface area contributed by atoms with Crippen LogP contribution < -0.4 is 5.32 Å². The van der Waals surface area contributed by atoms with Gasteiger partial charge in [0.15, 0.2) is 0 Å². The molecule has 1 saturated carbocycles. The Morgan fingerprint density at radius 2 is 1.84 bits per heavy atom. The summed E-state index contributed by atoms with van der Waals surface area (Å²) in [6.45, 7) is 9.93. The second-order valence-electron chi connectivity index (χ2n) is 7.03. The molecule has 0 bridgehead atoms. The fourth-order valence-electron chi connectivity index (χ4n) is 3.02. The quantitative estimate of drug-likeness (QED) is 0.823. The highest BCUT2D eigenvalue weighted by molar-refractivity contribution is 6.42.